The number of carbonyl (C=O) groups is 2. The Morgan fingerprint density at radius 3 is 2.61 bits per heavy atom. The van der Waals surface area contributed by atoms with Gasteiger partial charge in [0.2, 0.25) is 0 Å². The van der Waals surface area contributed by atoms with Crippen molar-refractivity contribution < 1.29 is 9.59 Å². The number of thiophene rings is 1. The van der Waals surface area contributed by atoms with Gasteiger partial charge in [0.15, 0.2) is 5.54 Å². The number of rotatable bonds is 6. The van der Waals surface area contributed by atoms with Crippen LogP contribution in [-0.4, -0.2) is 32.9 Å². The van der Waals surface area contributed by atoms with Crippen molar-refractivity contribution in [3.8, 4) is 0 Å². The zero-order valence-electron chi connectivity index (χ0n) is 22.2. The van der Waals surface area contributed by atoms with Gasteiger partial charge in [-0.25, -0.2) is 0 Å². The summed E-state index contributed by atoms with van der Waals surface area (Å²) in [6.45, 7) is 3.01. The van der Waals surface area contributed by atoms with Gasteiger partial charge in [0, 0.05) is 17.5 Å². The number of aryl methyl sites for hydroxylation is 1. The van der Waals surface area contributed by atoms with E-state index in [0.717, 1.165) is 66.3 Å². The third-order valence-corrected chi connectivity index (χ3v) is 9.81. The van der Waals surface area contributed by atoms with E-state index in [1.165, 1.54) is 17.7 Å². The molecule has 1 atom stereocenters. The molecule has 3 aromatic rings. The van der Waals surface area contributed by atoms with Crippen LogP contribution in [0.15, 0.2) is 66.3 Å². The second kappa shape index (κ2) is 10.6. The van der Waals surface area contributed by atoms with Crippen molar-refractivity contribution in [3.63, 3.8) is 0 Å². The maximum Gasteiger partial charge on any atom is 0.272 e. The maximum atomic E-state index is 14.7. The lowest BCUT2D eigenvalue weighted by molar-refractivity contribution is -0.132. The molecule has 2 amide bonds. The number of nitrogens with zero attached hydrogens (tertiary/aromatic N) is 2. The van der Waals surface area contributed by atoms with Gasteiger partial charge in [-0.15, -0.1) is 11.3 Å². The molecule has 3 aliphatic rings. The van der Waals surface area contributed by atoms with E-state index in [0.29, 0.717) is 18.8 Å². The first-order valence-electron chi connectivity index (χ1n) is 14.2. The van der Waals surface area contributed by atoms with Crippen molar-refractivity contribution in [3.05, 3.63) is 82.4 Å². The van der Waals surface area contributed by atoms with Crippen LogP contribution in [-0.2, 0) is 24.3 Å². The van der Waals surface area contributed by atoms with Crippen LogP contribution in [0, 0.1) is 0 Å². The normalized spacial score (nSPS) is 22.3. The van der Waals surface area contributed by atoms with Gasteiger partial charge in [-0.2, -0.15) is 0 Å². The van der Waals surface area contributed by atoms with E-state index < -0.39 is 5.54 Å². The second-order valence-corrected chi connectivity index (χ2v) is 12.2. The summed E-state index contributed by atoms with van der Waals surface area (Å²) in [5, 5.41) is 3.48. The average molecular weight is 528 g/mol. The quantitative estimate of drug-likeness (QED) is 0.360. The summed E-state index contributed by atoms with van der Waals surface area (Å²) in [6.07, 6.45) is 15.7. The highest BCUT2D eigenvalue weighted by Gasteiger charge is 2.53. The third kappa shape index (κ3) is 4.43. The molecule has 1 aromatic carbocycles. The molecule has 3 heterocycles. The summed E-state index contributed by atoms with van der Waals surface area (Å²) >= 11 is 1.76. The van der Waals surface area contributed by atoms with Gasteiger partial charge < -0.3 is 14.8 Å². The molecule has 5 nitrogen and oxygen atoms in total. The van der Waals surface area contributed by atoms with Crippen molar-refractivity contribution in [1.29, 1.82) is 0 Å². The molecule has 0 spiro atoms. The highest BCUT2D eigenvalue weighted by Crippen LogP contribution is 2.42. The molecule has 0 saturated heterocycles. The first-order chi connectivity index (χ1) is 18.6. The van der Waals surface area contributed by atoms with Crippen LogP contribution in [0.25, 0.3) is 10.2 Å². The number of aromatic nitrogens is 1. The fraction of sp³-hybridized carbons (Fsp3) is 0.438. The zero-order valence-corrected chi connectivity index (χ0v) is 23.1. The Bertz CT molecular complexity index is 1390. The van der Waals surface area contributed by atoms with Gasteiger partial charge in [0.1, 0.15) is 5.69 Å². The second-order valence-electron chi connectivity index (χ2n) is 11.0. The lowest BCUT2D eigenvalue weighted by atomic mass is 9.79. The van der Waals surface area contributed by atoms with Crippen LogP contribution >= 0.6 is 11.3 Å². The SMILES string of the molecule is CCc1cc2c(cc3n2CC(C(=O)NC2CCCCCC2)(C2=CC=CCC2)N(Cc2ccccc2)C3=O)s1. The van der Waals surface area contributed by atoms with Gasteiger partial charge >= 0.3 is 0 Å². The van der Waals surface area contributed by atoms with Crippen molar-refractivity contribution in [2.75, 3.05) is 0 Å². The van der Waals surface area contributed by atoms with Crippen LogP contribution < -0.4 is 5.32 Å². The molecule has 0 bridgehead atoms. The van der Waals surface area contributed by atoms with Crippen molar-refractivity contribution >= 4 is 33.4 Å². The highest BCUT2D eigenvalue weighted by molar-refractivity contribution is 7.19. The van der Waals surface area contributed by atoms with Gasteiger partial charge in [-0.3, -0.25) is 9.59 Å². The molecular formula is C32H37N3O2S. The zero-order chi connectivity index (χ0) is 26.1. The monoisotopic (exact) mass is 527 g/mol. The fourth-order valence-corrected chi connectivity index (χ4v) is 7.55. The summed E-state index contributed by atoms with van der Waals surface area (Å²) in [7, 11) is 0. The number of amides is 2. The number of fused-ring (bicyclic) bond motifs is 3. The molecule has 1 aliphatic heterocycles. The Kier molecular flexibility index (Phi) is 7.00. The summed E-state index contributed by atoms with van der Waals surface area (Å²) in [5.41, 5.74) is 2.77. The summed E-state index contributed by atoms with van der Waals surface area (Å²) in [6, 6.07) is 14.5. The average Bonchev–Trinajstić information content (AvgIpc) is 3.39. The maximum absolute atomic E-state index is 14.7. The molecule has 6 heteroatoms. The van der Waals surface area contributed by atoms with E-state index in [4.69, 9.17) is 0 Å². The molecule has 1 fully saturated rings. The van der Waals surface area contributed by atoms with Crippen LogP contribution in [0.4, 0.5) is 0 Å². The van der Waals surface area contributed by atoms with Gasteiger partial charge in [-0.05, 0) is 55.4 Å². The molecule has 198 valence electrons. The Labute approximate surface area is 229 Å². The number of carbonyl (C=O) groups excluding carboxylic acids is 2. The topological polar surface area (TPSA) is 54.3 Å². The minimum Gasteiger partial charge on any atom is -0.351 e. The lowest BCUT2D eigenvalue weighted by Gasteiger charge is -2.48. The molecule has 1 saturated carbocycles. The first kappa shape index (κ1) is 25.2. The summed E-state index contributed by atoms with van der Waals surface area (Å²) < 4.78 is 3.27. The third-order valence-electron chi connectivity index (χ3n) is 8.60. The van der Waals surface area contributed by atoms with E-state index >= 15 is 0 Å². The summed E-state index contributed by atoms with van der Waals surface area (Å²) in [4.78, 5) is 32.3. The molecule has 38 heavy (non-hydrogen) atoms. The Hall–Kier alpha value is -3.12. The predicted octanol–water partition coefficient (Wildman–Crippen LogP) is 6.78. The van der Waals surface area contributed by atoms with E-state index in [-0.39, 0.29) is 17.9 Å². The Morgan fingerprint density at radius 1 is 1.11 bits per heavy atom. The van der Waals surface area contributed by atoms with Gasteiger partial charge in [0.25, 0.3) is 11.8 Å². The smallest absolute Gasteiger partial charge is 0.272 e. The number of hydrogen-bond donors (Lipinski definition) is 1. The van der Waals surface area contributed by atoms with E-state index in [1.807, 2.05) is 29.2 Å². The van der Waals surface area contributed by atoms with E-state index in [9.17, 15) is 9.59 Å². The lowest BCUT2D eigenvalue weighted by Crippen LogP contribution is -2.67. The number of benzene rings is 1. The van der Waals surface area contributed by atoms with Crippen molar-refractivity contribution in [2.24, 2.45) is 0 Å². The minimum atomic E-state index is -1.07. The van der Waals surface area contributed by atoms with Gasteiger partial charge in [0.05, 0.1) is 16.8 Å². The molecule has 1 N–H and O–H groups in total. The first-order valence-corrected chi connectivity index (χ1v) is 15.1. The van der Waals surface area contributed by atoms with Crippen molar-refractivity contribution in [2.45, 2.75) is 89.4 Å². The van der Waals surface area contributed by atoms with E-state index in [1.54, 1.807) is 11.3 Å². The molecule has 2 aromatic heterocycles. The van der Waals surface area contributed by atoms with Crippen LogP contribution in [0.3, 0.4) is 0 Å². The van der Waals surface area contributed by atoms with Crippen LogP contribution in [0.1, 0.15) is 79.2 Å². The Morgan fingerprint density at radius 2 is 1.89 bits per heavy atom. The standard InChI is InChI=1S/C32H37N3O2S/c1-2-26-19-27-29(38-26)20-28-30(36)35(21-23-13-7-5-8-14-23)32(22-34(27)28,24-15-9-6-10-16-24)31(37)33-25-17-11-3-4-12-18-25/h5-9,13-15,19-20,25H,2-4,10-12,16-18,21-22H2,1H3,(H,33,37). The highest BCUT2D eigenvalue weighted by atomic mass is 32.1. The van der Waals surface area contributed by atoms with Crippen molar-refractivity contribution in [1.82, 2.24) is 14.8 Å². The number of allylic oxidation sites excluding steroid dienone is 3. The number of hydrogen-bond acceptors (Lipinski definition) is 3. The minimum absolute atomic E-state index is 0.0197. The summed E-state index contributed by atoms with van der Waals surface area (Å²) in [5.74, 6) is -0.0818. The van der Waals surface area contributed by atoms with Gasteiger partial charge in [-0.1, -0.05) is 81.2 Å². The van der Waals surface area contributed by atoms with Crippen LogP contribution in [0.2, 0.25) is 0 Å². The molecular weight excluding hydrogens is 490 g/mol. The molecule has 0 radical (unpaired) electrons. The fourth-order valence-electron chi connectivity index (χ4n) is 6.50. The Balaban J connectivity index is 1.51. The molecule has 1 unspecified atom stereocenters. The van der Waals surface area contributed by atoms with Crippen LogP contribution in [0.5, 0.6) is 0 Å². The predicted molar refractivity (Wildman–Crippen MR) is 154 cm³/mol. The molecule has 6 rings (SSSR count). The van der Waals surface area contributed by atoms with E-state index in [2.05, 4.69) is 53.2 Å². The largest absolute Gasteiger partial charge is 0.351 e. The molecule has 2 aliphatic carbocycles. The number of nitrogens with one attached hydrogen (secondary N) is 1.